The van der Waals surface area contributed by atoms with Crippen LogP contribution in [0.25, 0.3) is 10.9 Å². The monoisotopic (exact) mass is 358 g/mol. The summed E-state index contributed by atoms with van der Waals surface area (Å²) in [5.41, 5.74) is 2.36. The minimum Gasteiger partial charge on any atom is -0.495 e. The topological polar surface area (TPSA) is 52.5 Å². The quantitative estimate of drug-likeness (QED) is 0.673. The van der Waals surface area contributed by atoms with E-state index in [4.69, 9.17) is 21.1 Å². The third-order valence-corrected chi connectivity index (χ3v) is 4.41. The summed E-state index contributed by atoms with van der Waals surface area (Å²) in [6.07, 6.45) is 1.86. The van der Waals surface area contributed by atoms with Crippen LogP contribution in [0.1, 0.15) is 10.4 Å². The van der Waals surface area contributed by atoms with Crippen molar-refractivity contribution in [3.63, 3.8) is 0 Å². The first-order valence-electron chi connectivity index (χ1n) is 7.77. The lowest BCUT2D eigenvalue weighted by atomic mass is 10.1. The molecule has 0 spiro atoms. The number of halogens is 1. The van der Waals surface area contributed by atoms with Crippen molar-refractivity contribution in [3.8, 4) is 11.5 Å². The van der Waals surface area contributed by atoms with Crippen LogP contribution in [-0.2, 0) is 7.05 Å². The smallest absolute Gasteiger partial charge is 0.184 e. The van der Waals surface area contributed by atoms with Gasteiger partial charge in [0.05, 0.1) is 31.5 Å². The van der Waals surface area contributed by atoms with E-state index in [1.807, 2.05) is 42.1 Å². The average Bonchev–Trinajstić information content (AvgIpc) is 2.97. The van der Waals surface area contributed by atoms with Gasteiger partial charge in [-0.2, -0.15) is 0 Å². The summed E-state index contributed by atoms with van der Waals surface area (Å²) in [4.78, 5) is 12.7. The predicted octanol–water partition coefficient (Wildman–Crippen LogP) is 4.14. The van der Waals surface area contributed by atoms with Gasteiger partial charge in [0, 0.05) is 41.8 Å². The molecule has 3 aromatic rings. The molecule has 2 aromatic carbocycles. The van der Waals surface area contributed by atoms with E-state index < -0.39 is 0 Å². The number of ether oxygens (including phenoxy) is 2. The lowest BCUT2D eigenvalue weighted by Gasteiger charge is -2.13. The number of nitrogens with one attached hydrogen (secondary N) is 1. The number of carbonyl (C=O) groups is 1. The van der Waals surface area contributed by atoms with Gasteiger partial charge in [0.15, 0.2) is 5.78 Å². The lowest BCUT2D eigenvalue weighted by Crippen LogP contribution is -2.14. The van der Waals surface area contributed by atoms with Crippen molar-refractivity contribution in [2.45, 2.75) is 0 Å². The van der Waals surface area contributed by atoms with Gasteiger partial charge in [-0.05, 0) is 6.07 Å². The molecule has 0 radical (unpaired) electrons. The SMILES string of the molecule is COc1cc(NCC(=O)c2cn(C)c3ccccc23)c(OC)cc1Cl. The molecule has 6 heteroatoms. The number of hydrogen-bond acceptors (Lipinski definition) is 4. The summed E-state index contributed by atoms with van der Waals surface area (Å²) in [7, 11) is 5.02. The number of rotatable bonds is 6. The molecule has 25 heavy (non-hydrogen) atoms. The second kappa shape index (κ2) is 7.07. The number of aromatic nitrogens is 1. The highest BCUT2D eigenvalue weighted by Gasteiger charge is 2.15. The fourth-order valence-corrected chi connectivity index (χ4v) is 3.06. The van der Waals surface area contributed by atoms with E-state index in [-0.39, 0.29) is 12.3 Å². The Hall–Kier alpha value is -2.66. The molecular weight excluding hydrogens is 340 g/mol. The number of anilines is 1. The third-order valence-electron chi connectivity index (χ3n) is 4.11. The first kappa shape index (κ1) is 17.2. The molecule has 0 fully saturated rings. The summed E-state index contributed by atoms with van der Waals surface area (Å²) in [6.45, 7) is 0.134. The van der Waals surface area contributed by atoms with Crippen molar-refractivity contribution in [3.05, 3.63) is 53.2 Å². The standard InChI is InChI=1S/C19H19ClN2O3/c1-22-11-13(12-6-4-5-7-16(12)22)17(23)10-21-15-9-18(24-2)14(20)8-19(15)25-3/h4-9,11,21H,10H2,1-3H3. The van der Waals surface area contributed by atoms with Crippen LogP contribution in [0.4, 0.5) is 5.69 Å². The van der Waals surface area contributed by atoms with Crippen LogP contribution in [0.15, 0.2) is 42.6 Å². The van der Waals surface area contributed by atoms with Crippen LogP contribution in [0.5, 0.6) is 11.5 Å². The van der Waals surface area contributed by atoms with Crippen LogP contribution in [0.2, 0.25) is 5.02 Å². The van der Waals surface area contributed by atoms with Crippen LogP contribution in [0.3, 0.4) is 0 Å². The number of benzene rings is 2. The summed E-state index contributed by atoms with van der Waals surface area (Å²) in [5, 5.41) is 4.51. The zero-order valence-electron chi connectivity index (χ0n) is 14.3. The van der Waals surface area contributed by atoms with E-state index in [1.54, 1.807) is 26.4 Å². The maximum absolute atomic E-state index is 12.7. The van der Waals surface area contributed by atoms with Gasteiger partial charge in [-0.25, -0.2) is 0 Å². The van der Waals surface area contributed by atoms with Crippen molar-refractivity contribution < 1.29 is 14.3 Å². The van der Waals surface area contributed by atoms with Crippen molar-refractivity contribution >= 4 is 34.0 Å². The first-order valence-corrected chi connectivity index (χ1v) is 8.15. The van der Waals surface area contributed by atoms with E-state index in [0.717, 1.165) is 10.9 Å². The molecule has 0 aliphatic carbocycles. The van der Waals surface area contributed by atoms with E-state index in [2.05, 4.69) is 5.32 Å². The lowest BCUT2D eigenvalue weighted by molar-refractivity contribution is 0.101. The number of aryl methyl sites for hydroxylation is 1. The molecule has 0 aliphatic heterocycles. The highest BCUT2D eigenvalue weighted by Crippen LogP contribution is 2.35. The Balaban J connectivity index is 1.85. The molecule has 0 unspecified atom stereocenters. The minimum absolute atomic E-state index is 0.00669. The second-order valence-electron chi connectivity index (χ2n) is 5.63. The highest BCUT2D eigenvalue weighted by molar-refractivity contribution is 6.32. The number of nitrogens with zero attached hydrogens (tertiary/aromatic N) is 1. The molecule has 5 nitrogen and oxygen atoms in total. The Morgan fingerprint density at radius 2 is 1.88 bits per heavy atom. The van der Waals surface area contributed by atoms with Gasteiger partial charge in [0.1, 0.15) is 11.5 Å². The zero-order valence-corrected chi connectivity index (χ0v) is 15.1. The fraction of sp³-hybridized carbons (Fsp3) is 0.211. The number of Topliss-reactive ketones (excluding diaryl/α,β-unsaturated/α-hetero) is 1. The van der Waals surface area contributed by atoms with Gasteiger partial charge >= 0.3 is 0 Å². The maximum Gasteiger partial charge on any atom is 0.184 e. The maximum atomic E-state index is 12.7. The van der Waals surface area contributed by atoms with Gasteiger partial charge in [-0.15, -0.1) is 0 Å². The predicted molar refractivity (Wildman–Crippen MR) is 100 cm³/mol. The first-order chi connectivity index (χ1) is 12.0. The summed E-state index contributed by atoms with van der Waals surface area (Å²) in [6, 6.07) is 11.2. The fourth-order valence-electron chi connectivity index (χ4n) is 2.83. The van der Waals surface area contributed by atoms with Gasteiger partial charge in [0.2, 0.25) is 0 Å². The summed E-state index contributed by atoms with van der Waals surface area (Å²) < 4.78 is 12.5. The molecule has 0 saturated heterocycles. The number of fused-ring (bicyclic) bond motifs is 1. The number of carbonyl (C=O) groups excluding carboxylic acids is 1. The molecule has 1 heterocycles. The van der Waals surface area contributed by atoms with Gasteiger partial charge < -0.3 is 19.4 Å². The van der Waals surface area contributed by atoms with Crippen LogP contribution >= 0.6 is 11.6 Å². The highest BCUT2D eigenvalue weighted by atomic mass is 35.5. The van der Waals surface area contributed by atoms with E-state index in [0.29, 0.717) is 27.8 Å². The summed E-state index contributed by atoms with van der Waals surface area (Å²) in [5.74, 6) is 1.06. The Kier molecular flexibility index (Phi) is 4.86. The number of hydrogen-bond donors (Lipinski definition) is 1. The molecule has 1 N–H and O–H groups in total. The Bertz CT molecular complexity index is 934. The Morgan fingerprint density at radius 1 is 1.16 bits per heavy atom. The Morgan fingerprint density at radius 3 is 2.60 bits per heavy atom. The molecule has 3 rings (SSSR count). The van der Waals surface area contributed by atoms with Crippen LogP contribution in [0, 0.1) is 0 Å². The normalized spacial score (nSPS) is 10.7. The van der Waals surface area contributed by atoms with Crippen molar-refractivity contribution in [1.82, 2.24) is 4.57 Å². The van der Waals surface area contributed by atoms with Gasteiger partial charge in [-0.1, -0.05) is 29.8 Å². The molecule has 1 aromatic heterocycles. The van der Waals surface area contributed by atoms with Crippen LogP contribution in [-0.4, -0.2) is 31.1 Å². The largest absolute Gasteiger partial charge is 0.495 e. The molecular formula is C19H19ClN2O3. The van der Waals surface area contributed by atoms with Gasteiger partial charge in [0.25, 0.3) is 0 Å². The molecule has 0 saturated carbocycles. The number of methoxy groups -OCH3 is 2. The van der Waals surface area contributed by atoms with Crippen molar-refractivity contribution in [2.24, 2.45) is 7.05 Å². The minimum atomic E-state index is -0.00669. The van der Waals surface area contributed by atoms with Crippen molar-refractivity contribution in [1.29, 1.82) is 0 Å². The number of ketones is 1. The Labute approximate surface area is 151 Å². The molecule has 0 amide bonds. The summed E-state index contributed by atoms with van der Waals surface area (Å²) >= 11 is 6.10. The van der Waals surface area contributed by atoms with Crippen LogP contribution < -0.4 is 14.8 Å². The zero-order chi connectivity index (χ0) is 18.0. The molecule has 0 aliphatic rings. The van der Waals surface area contributed by atoms with E-state index in [9.17, 15) is 4.79 Å². The van der Waals surface area contributed by atoms with E-state index >= 15 is 0 Å². The van der Waals surface area contributed by atoms with Gasteiger partial charge in [-0.3, -0.25) is 4.79 Å². The van der Waals surface area contributed by atoms with E-state index in [1.165, 1.54) is 0 Å². The number of para-hydroxylation sites is 1. The molecule has 130 valence electrons. The average molecular weight is 359 g/mol. The van der Waals surface area contributed by atoms with Crippen molar-refractivity contribution in [2.75, 3.05) is 26.1 Å². The molecule has 0 atom stereocenters. The molecule has 0 bridgehead atoms. The third kappa shape index (κ3) is 3.28. The second-order valence-corrected chi connectivity index (χ2v) is 6.04.